The molecule has 0 saturated heterocycles. The van der Waals surface area contributed by atoms with Crippen LogP contribution in [0.2, 0.25) is 0 Å². The average Bonchev–Trinajstić information content (AvgIpc) is 4.12. The number of aromatic amines is 1. The summed E-state index contributed by atoms with van der Waals surface area (Å²) < 4.78 is 25.9. The summed E-state index contributed by atoms with van der Waals surface area (Å²) in [5.74, 6) is 4.76. The van der Waals surface area contributed by atoms with E-state index in [9.17, 15) is 0 Å². The van der Waals surface area contributed by atoms with Crippen molar-refractivity contribution >= 4 is 108 Å². The van der Waals surface area contributed by atoms with Crippen molar-refractivity contribution in [3.8, 4) is 85.8 Å². The fraction of sp³-hybridized carbons (Fsp3) is 0. The van der Waals surface area contributed by atoms with Crippen LogP contribution in [-0.4, -0.2) is 39.6 Å². The van der Waals surface area contributed by atoms with Crippen molar-refractivity contribution in [1.82, 2.24) is 39.6 Å². The first-order valence-corrected chi connectivity index (χ1v) is 25.5. The number of hydrogen-bond acceptors (Lipinski definition) is 10. The van der Waals surface area contributed by atoms with Crippen LogP contribution in [-0.2, 0) is 0 Å². The van der Waals surface area contributed by atoms with Crippen LogP contribution >= 0.6 is 63.7 Å². The fourth-order valence-corrected chi connectivity index (χ4v) is 9.68. The highest BCUT2D eigenvalue weighted by atomic mass is 79.9. The molecule has 0 unspecified atom stereocenters. The summed E-state index contributed by atoms with van der Waals surface area (Å²) in [5.41, 5.74) is 4.81. The smallest absolute Gasteiger partial charge is 0.213 e. The number of nitrogens with zero attached hydrogens (tertiary/aromatic N) is 7. The molecule has 72 heavy (non-hydrogen) atoms. The number of rotatable bonds is 8. The van der Waals surface area contributed by atoms with Gasteiger partial charge >= 0.3 is 0 Å². The molecular weight excluding hydrogens is 1170 g/mol. The van der Waals surface area contributed by atoms with Crippen LogP contribution in [0, 0.1) is 0 Å². The number of fused-ring (bicyclic) bond motifs is 20. The number of benzene rings is 8. The van der Waals surface area contributed by atoms with Gasteiger partial charge in [-0.1, -0.05) is 137 Å². The van der Waals surface area contributed by atoms with Crippen LogP contribution in [0.15, 0.2) is 194 Å². The molecule has 0 radical (unpaired) electrons. The Labute approximate surface area is 442 Å². The maximum atomic E-state index is 7.02. The first-order valence-electron chi connectivity index (χ1n) is 22.3. The van der Waals surface area contributed by atoms with Gasteiger partial charge in [0.15, 0.2) is 51.8 Å². The van der Waals surface area contributed by atoms with E-state index in [1.54, 1.807) is 4.73 Å². The molecule has 0 amide bonds. The molecule has 0 spiro atoms. The van der Waals surface area contributed by atoms with Crippen molar-refractivity contribution in [2.45, 2.75) is 0 Å². The summed E-state index contributed by atoms with van der Waals surface area (Å²) in [4.78, 5) is 42.2. The molecule has 0 atom stereocenters. The minimum atomic E-state index is 0.284. The van der Waals surface area contributed by atoms with Crippen molar-refractivity contribution in [3.05, 3.63) is 194 Å². The lowest BCUT2D eigenvalue weighted by molar-refractivity contribution is 0.237. The van der Waals surface area contributed by atoms with Crippen LogP contribution in [0.1, 0.15) is 0 Å². The Balaban J connectivity index is 1.19. The predicted molar refractivity (Wildman–Crippen MR) is 293 cm³/mol. The van der Waals surface area contributed by atoms with Crippen molar-refractivity contribution in [3.63, 3.8) is 0 Å². The molecule has 12 nitrogen and oxygen atoms in total. The summed E-state index contributed by atoms with van der Waals surface area (Å²) >= 11 is 14.3. The van der Waals surface area contributed by atoms with Crippen LogP contribution < -0.4 is 19.0 Å². The topological polar surface area (TPSA) is 135 Å². The monoisotopic (exact) mass is 1190 g/mol. The second-order valence-electron chi connectivity index (χ2n) is 16.5. The molecule has 16 heteroatoms. The minimum absolute atomic E-state index is 0.284. The van der Waals surface area contributed by atoms with Gasteiger partial charge in [-0.05, 0) is 103 Å². The summed E-state index contributed by atoms with van der Waals surface area (Å²) in [5, 5.41) is 2.72. The second kappa shape index (κ2) is 18.1. The molecular formula is C56H30Br4N8O4. The SMILES string of the molecule is Brc1ccc(Oc2cc3c4nc5nc(nc6c7ccccc7c(nc7nc(nc([nH]4)c3c(Oc3ccc(Br)cc3)c2Oc2ccc(Br)cc2)-c2ccccc2-7)n6Oc2ccc(Br)cc2)-c2ccccc2-5)cc1. The maximum absolute atomic E-state index is 7.02. The number of hydrogen-bond donors (Lipinski definition) is 1. The van der Waals surface area contributed by atoms with Gasteiger partial charge < -0.3 is 24.0 Å². The van der Waals surface area contributed by atoms with E-state index in [1.807, 2.05) is 176 Å². The number of nitrogens with one attached hydrogen (secondary N) is 1. The van der Waals surface area contributed by atoms with Crippen molar-refractivity contribution in [2.24, 2.45) is 0 Å². The lowest BCUT2D eigenvalue weighted by Crippen LogP contribution is -2.06. The molecule has 8 bridgehead atoms. The molecule has 13 rings (SSSR count). The molecule has 3 aromatic heterocycles. The van der Waals surface area contributed by atoms with Gasteiger partial charge in [0.1, 0.15) is 28.5 Å². The zero-order valence-electron chi connectivity index (χ0n) is 37.0. The number of halogens is 4. The van der Waals surface area contributed by atoms with E-state index in [0.29, 0.717) is 91.2 Å². The highest BCUT2D eigenvalue weighted by Crippen LogP contribution is 2.51. The number of H-pyrrole nitrogens is 1. The summed E-state index contributed by atoms with van der Waals surface area (Å²) in [6.07, 6.45) is 0. The average molecular weight is 1200 g/mol. The quantitative estimate of drug-likeness (QED) is 0.157. The highest BCUT2D eigenvalue weighted by Gasteiger charge is 2.28. The first kappa shape index (κ1) is 44.2. The van der Waals surface area contributed by atoms with E-state index in [4.69, 9.17) is 49.0 Å². The van der Waals surface area contributed by atoms with E-state index < -0.39 is 0 Å². The first-order chi connectivity index (χ1) is 35.3. The lowest BCUT2D eigenvalue weighted by Gasteiger charge is -2.18. The third kappa shape index (κ3) is 8.15. The molecule has 0 saturated carbocycles. The Hall–Kier alpha value is -7.76. The van der Waals surface area contributed by atoms with Gasteiger partial charge in [0, 0.05) is 56.3 Å². The molecule has 2 aliphatic rings. The third-order valence-corrected chi connectivity index (χ3v) is 14.1. The number of aromatic nitrogens is 8. The largest absolute Gasteiger partial charge is 0.453 e. The van der Waals surface area contributed by atoms with Crippen molar-refractivity contribution in [1.29, 1.82) is 0 Å². The Morgan fingerprint density at radius 1 is 0.361 bits per heavy atom. The van der Waals surface area contributed by atoms with Gasteiger partial charge in [0.05, 0.1) is 5.39 Å². The Morgan fingerprint density at radius 2 is 0.750 bits per heavy atom. The molecule has 5 heterocycles. The highest BCUT2D eigenvalue weighted by molar-refractivity contribution is 9.11. The van der Waals surface area contributed by atoms with E-state index in [-0.39, 0.29) is 5.75 Å². The van der Waals surface area contributed by atoms with Gasteiger partial charge in [-0.2, -0.15) is 0 Å². The van der Waals surface area contributed by atoms with Gasteiger partial charge in [0.25, 0.3) is 0 Å². The molecule has 346 valence electrons. The number of ether oxygens (including phenoxy) is 3. The predicted octanol–water partition coefficient (Wildman–Crippen LogP) is 16.6. The van der Waals surface area contributed by atoms with Crippen LogP contribution in [0.4, 0.5) is 0 Å². The zero-order valence-corrected chi connectivity index (χ0v) is 43.4. The van der Waals surface area contributed by atoms with Gasteiger partial charge in [-0.25, -0.2) is 29.9 Å². The van der Waals surface area contributed by atoms with Crippen molar-refractivity contribution in [2.75, 3.05) is 0 Å². The lowest BCUT2D eigenvalue weighted by atomic mass is 10.1. The zero-order chi connectivity index (χ0) is 48.5. The van der Waals surface area contributed by atoms with E-state index in [1.165, 1.54) is 0 Å². The second-order valence-corrected chi connectivity index (χ2v) is 20.2. The molecule has 11 aromatic rings. The van der Waals surface area contributed by atoms with Gasteiger partial charge in [-0.3, -0.25) is 0 Å². The van der Waals surface area contributed by atoms with E-state index in [0.717, 1.165) is 50.9 Å². The van der Waals surface area contributed by atoms with E-state index in [2.05, 4.69) is 68.7 Å². The van der Waals surface area contributed by atoms with Gasteiger partial charge in [-0.15, -0.1) is 4.73 Å². The molecule has 0 aliphatic carbocycles. The summed E-state index contributed by atoms with van der Waals surface area (Å²) in [6, 6.07) is 55.8. The molecule has 2 aliphatic heterocycles. The molecule has 1 N–H and O–H groups in total. The third-order valence-electron chi connectivity index (χ3n) is 11.9. The fourth-order valence-electron chi connectivity index (χ4n) is 8.62. The summed E-state index contributed by atoms with van der Waals surface area (Å²) in [6.45, 7) is 0. The van der Waals surface area contributed by atoms with Crippen molar-refractivity contribution < 1.29 is 19.0 Å². The normalized spacial score (nSPS) is 11.6. The van der Waals surface area contributed by atoms with Crippen LogP contribution in [0.5, 0.6) is 40.2 Å². The maximum Gasteiger partial charge on any atom is 0.213 e. The van der Waals surface area contributed by atoms with Crippen LogP contribution in [0.25, 0.3) is 89.7 Å². The Kier molecular flexibility index (Phi) is 11.1. The molecule has 0 fully saturated rings. The minimum Gasteiger partial charge on any atom is -0.453 e. The summed E-state index contributed by atoms with van der Waals surface area (Å²) in [7, 11) is 0. The Bertz CT molecular complexity index is 4150. The Morgan fingerprint density at radius 3 is 1.22 bits per heavy atom. The standard InChI is InChI=1S/C56H30Br4N8O4/c57-30-13-21-34(22-14-30)69-45-29-44-46(48(71-36-25-17-32(59)18-26-36)47(45)70-35-23-15-31(58)16-24-35)54-64-50-39-8-2-4-10-41(39)52(62-50)67-56-43-12-6-5-11-42(43)55(68(56)72-37-27-19-33(60)20-28-37)66-51-40-9-3-1-7-38(40)49(61-51)63-53(44)65-54/h1-29H,(H,61,62,63,64,65,66,67). The van der Waals surface area contributed by atoms with Gasteiger partial charge in [0.2, 0.25) is 5.75 Å². The van der Waals surface area contributed by atoms with Crippen LogP contribution in [0.3, 0.4) is 0 Å². The molecule has 8 aromatic carbocycles. The van der Waals surface area contributed by atoms with E-state index >= 15 is 0 Å².